The molecule has 1 heterocycles. The molecule has 0 aromatic rings. The lowest BCUT2D eigenvalue weighted by atomic mass is 10.0. The first kappa shape index (κ1) is 17.2. The summed E-state index contributed by atoms with van der Waals surface area (Å²) in [4.78, 5) is 14.0. The van der Waals surface area contributed by atoms with Crippen LogP contribution in [0.15, 0.2) is 11.6 Å². The molecule has 4 heteroatoms. The van der Waals surface area contributed by atoms with Crippen LogP contribution >= 0.6 is 0 Å². The van der Waals surface area contributed by atoms with E-state index in [4.69, 9.17) is 9.47 Å². The number of hydrogen-bond acceptors (Lipinski definition) is 4. The summed E-state index contributed by atoms with van der Waals surface area (Å²) in [5, 5.41) is 0. The highest BCUT2D eigenvalue weighted by Crippen LogP contribution is 2.28. The normalized spacial score (nSPS) is 24.8. The molecule has 0 radical (unpaired) electrons. The summed E-state index contributed by atoms with van der Waals surface area (Å²) in [6.45, 7) is 11.1. The van der Waals surface area contributed by atoms with Crippen LogP contribution in [-0.4, -0.2) is 42.9 Å². The fourth-order valence-electron chi connectivity index (χ4n) is 2.75. The summed E-state index contributed by atoms with van der Waals surface area (Å²) in [6, 6.07) is -0.00610. The third-order valence-electron chi connectivity index (χ3n) is 3.81. The average molecular weight is 283 g/mol. The van der Waals surface area contributed by atoms with Crippen molar-refractivity contribution in [2.45, 2.75) is 65.8 Å². The van der Waals surface area contributed by atoms with Crippen molar-refractivity contribution in [2.75, 3.05) is 13.7 Å². The van der Waals surface area contributed by atoms with Gasteiger partial charge in [-0.1, -0.05) is 18.6 Å². The van der Waals surface area contributed by atoms with Gasteiger partial charge in [0.15, 0.2) is 0 Å². The Morgan fingerprint density at radius 3 is 2.55 bits per heavy atom. The van der Waals surface area contributed by atoms with Crippen molar-refractivity contribution in [1.29, 1.82) is 0 Å². The number of nitrogens with zero attached hydrogens (tertiary/aromatic N) is 1. The molecule has 0 aromatic heterocycles. The highest BCUT2D eigenvalue weighted by Gasteiger charge is 2.42. The van der Waals surface area contributed by atoms with E-state index in [9.17, 15) is 4.79 Å². The van der Waals surface area contributed by atoms with Crippen molar-refractivity contribution < 1.29 is 14.3 Å². The number of allylic oxidation sites excluding steroid dienone is 2. The number of esters is 1. The largest absolute Gasteiger partial charge is 0.468 e. The standard InChI is InChI=1S/C16H29NO3/c1-11(2)8-7-9-13(5)15-17(12(3)4)14(10-20-15)16(18)19-6/h8,12-15H,7,9-10H2,1-6H3. The van der Waals surface area contributed by atoms with Crippen LogP contribution in [0.3, 0.4) is 0 Å². The zero-order valence-electron chi connectivity index (χ0n) is 13.7. The molecule has 0 aliphatic carbocycles. The van der Waals surface area contributed by atoms with Crippen molar-refractivity contribution in [2.24, 2.45) is 5.92 Å². The summed E-state index contributed by atoms with van der Waals surface area (Å²) >= 11 is 0. The van der Waals surface area contributed by atoms with E-state index >= 15 is 0 Å². The van der Waals surface area contributed by atoms with Gasteiger partial charge >= 0.3 is 5.97 Å². The van der Waals surface area contributed by atoms with E-state index in [2.05, 4.69) is 45.6 Å². The van der Waals surface area contributed by atoms with Gasteiger partial charge in [-0.05, 0) is 46.5 Å². The van der Waals surface area contributed by atoms with Crippen LogP contribution in [0.4, 0.5) is 0 Å². The molecule has 116 valence electrons. The van der Waals surface area contributed by atoms with Gasteiger partial charge in [0.25, 0.3) is 0 Å². The fourth-order valence-corrected chi connectivity index (χ4v) is 2.75. The topological polar surface area (TPSA) is 38.8 Å². The van der Waals surface area contributed by atoms with Gasteiger partial charge in [-0.25, -0.2) is 0 Å². The monoisotopic (exact) mass is 283 g/mol. The quantitative estimate of drug-likeness (QED) is 0.555. The van der Waals surface area contributed by atoms with E-state index in [0.29, 0.717) is 12.5 Å². The number of methoxy groups -OCH3 is 1. The van der Waals surface area contributed by atoms with Crippen molar-refractivity contribution in [3.8, 4) is 0 Å². The van der Waals surface area contributed by atoms with Crippen LogP contribution in [-0.2, 0) is 14.3 Å². The van der Waals surface area contributed by atoms with Gasteiger partial charge in [0.05, 0.1) is 13.7 Å². The highest BCUT2D eigenvalue weighted by molar-refractivity contribution is 5.76. The first-order valence-corrected chi connectivity index (χ1v) is 7.48. The lowest BCUT2D eigenvalue weighted by Gasteiger charge is -2.33. The van der Waals surface area contributed by atoms with Crippen LogP contribution < -0.4 is 0 Å². The number of carbonyl (C=O) groups excluding carboxylic acids is 1. The Morgan fingerprint density at radius 1 is 1.40 bits per heavy atom. The fraction of sp³-hybridized carbons (Fsp3) is 0.812. The summed E-state index contributed by atoms with van der Waals surface area (Å²) < 4.78 is 10.8. The summed E-state index contributed by atoms with van der Waals surface area (Å²) in [5.74, 6) is 0.195. The molecule has 1 aliphatic heterocycles. The summed E-state index contributed by atoms with van der Waals surface area (Å²) in [6.07, 6.45) is 4.37. The van der Waals surface area contributed by atoms with Gasteiger partial charge in [0.1, 0.15) is 12.3 Å². The number of ether oxygens (including phenoxy) is 2. The minimum Gasteiger partial charge on any atom is -0.468 e. The van der Waals surface area contributed by atoms with Crippen LogP contribution in [0.5, 0.6) is 0 Å². The van der Waals surface area contributed by atoms with E-state index in [1.807, 2.05) is 0 Å². The minimum absolute atomic E-state index is 0.00432. The Bertz CT molecular complexity index is 348. The van der Waals surface area contributed by atoms with Crippen LogP contribution in [0.2, 0.25) is 0 Å². The van der Waals surface area contributed by atoms with Crippen molar-refractivity contribution in [1.82, 2.24) is 4.90 Å². The molecule has 3 atom stereocenters. The minimum atomic E-state index is -0.268. The molecule has 0 amide bonds. The lowest BCUT2D eigenvalue weighted by Crippen LogP contribution is -2.48. The molecule has 0 N–H and O–H groups in total. The lowest BCUT2D eigenvalue weighted by molar-refractivity contribution is -0.147. The second-order valence-electron chi connectivity index (χ2n) is 6.14. The maximum atomic E-state index is 11.8. The molecule has 0 spiro atoms. The van der Waals surface area contributed by atoms with E-state index in [0.717, 1.165) is 12.8 Å². The molecule has 1 rings (SSSR count). The summed E-state index contributed by atoms with van der Waals surface area (Å²) in [5.41, 5.74) is 1.35. The number of hydrogen-bond donors (Lipinski definition) is 0. The molecule has 20 heavy (non-hydrogen) atoms. The smallest absolute Gasteiger partial charge is 0.325 e. The van der Waals surface area contributed by atoms with Crippen LogP contribution in [0.1, 0.15) is 47.5 Å². The molecule has 1 fully saturated rings. The van der Waals surface area contributed by atoms with Crippen molar-refractivity contribution >= 4 is 5.97 Å². The predicted octanol–water partition coefficient (Wildman–Crippen LogP) is 2.98. The molecule has 0 aromatic carbocycles. The SMILES string of the molecule is COC(=O)C1COC(C(C)CCC=C(C)C)N1C(C)C. The average Bonchev–Trinajstić information content (AvgIpc) is 2.82. The number of carbonyl (C=O) groups is 1. The molecule has 0 bridgehead atoms. The zero-order chi connectivity index (χ0) is 15.3. The molecule has 4 nitrogen and oxygen atoms in total. The summed E-state index contributed by atoms with van der Waals surface area (Å²) in [7, 11) is 1.44. The van der Waals surface area contributed by atoms with Gasteiger partial charge < -0.3 is 9.47 Å². The Labute approximate surface area is 123 Å². The third kappa shape index (κ3) is 4.32. The Hall–Kier alpha value is -0.870. The van der Waals surface area contributed by atoms with E-state index in [1.54, 1.807) is 0 Å². The Morgan fingerprint density at radius 2 is 2.05 bits per heavy atom. The van der Waals surface area contributed by atoms with Gasteiger partial charge in [0.2, 0.25) is 0 Å². The van der Waals surface area contributed by atoms with E-state index < -0.39 is 0 Å². The number of rotatable bonds is 6. The van der Waals surface area contributed by atoms with Gasteiger partial charge in [-0.15, -0.1) is 0 Å². The maximum absolute atomic E-state index is 11.8. The van der Waals surface area contributed by atoms with Crippen molar-refractivity contribution in [3.63, 3.8) is 0 Å². The molecule has 1 aliphatic rings. The van der Waals surface area contributed by atoms with Gasteiger partial charge in [-0.3, -0.25) is 9.69 Å². The second-order valence-corrected chi connectivity index (χ2v) is 6.14. The molecule has 3 unspecified atom stereocenters. The maximum Gasteiger partial charge on any atom is 0.325 e. The van der Waals surface area contributed by atoms with E-state index in [-0.39, 0.29) is 24.3 Å². The van der Waals surface area contributed by atoms with E-state index in [1.165, 1.54) is 12.7 Å². The molecular weight excluding hydrogens is 254 g/mol. The predicted molar refractivity (Wildman–Crippen MR) is 80.3 cm³/mol. The Balaban J connectivity index is 2.69. The molecular formula is C16H29NO3. The van der Waals surface area contributed by atoms with Crippen LogP contribution in [0.25, 0.3) is 0 Å². The van der Waals surface area contributed by atoms with Crippen molar-refractivity contribution in [3.05, 3.63) is 11.6 Å². The van der Waals surface area contributed by atoms with Crippen LogP contribution in [0, 0.1) is 5.92 Å². The zero-order valence-corrected chi connectivity index (χ0v) is 13.7. The highest BCUT2D eigenvalue weighted by atomic mass is 16.5. The molecule has 1 saturated heterocycles. The Kier molecular flexibility index (Phi) is 6.69. The van der Waals surface area contributed by atoms with Gasteiger partial charge in [-0.2, -0.15) is 0 Å². The third-order valence-corrected chi connectivity index (χ3v) is 3.81. The molecule has 0 saturated carbocycles. The first-order valence-electron chi connectivity index (χ1n) is 7.48. The second kappa shape index (κ2) is 7.79. The first-order chi connectivity index (χ1) is 9.38. The van der Waals surface area contributed by atoms with Gasteiger partial charge in [0, 0.05) is 6.04 Å².